The van der Waals surface area contributed by atoms with Gasteiger partial charge in [-0.2, -0.15) is 0 Å². The predicted molar refractivity (Wildman–Crippen MR) is 88.3 cm³/mol. The number of imidazole rings is 1. The van der Waals surface area contributed by atoms with Crippen molar-refractivity contribution in [2.45, 2.75) is 38.7 Å². The van der Waals surface area contributed by atoms with Gasteiger partial charge >= 0.3 is 6.03 Å². The van der Waals surface area contributed by atoms with Gasteiger partial charge in [0.2, 0.25) is 5.13 Å². The fourth-order valence-electron chi connectivity index (χ4n) is 2.05. The third-order valence-electron chi connectivity index (χ3n) is 3.29. The van der Waals surface area contributed by atoms with E-state index in [0.717, 1.165) is 30.7 Å². The molecule has 0 aliphatic heterocycles. The number of anilines is 1. The number of hydrogen-bond donors (Lipinski definition) is 3. The highest BCUT2D eigenvalue weighted by Crippen LogP contribution is 2.17. The normalized spacial score (nSPS) is 12.1. The Labute approximate surface area is 139 Å². The van der Waals surface area contributed by atoms with E-state index < -0.39 is 12.1 Å². The van der Waals surface area contributed by atoms with Crippen LogP contribution in [0, 0.1) is 0 Å². The van der Waals surface area contributed by atoms with Crippen LogP contribution in [0.15, 0.2) is 12.4 Å². The van der Waals surface area contributed by atoms with E-state index in [-0.39, 0.29) is 6.54 Å². The fourth-order valence-corrected chi connectivity index (χ4v) is 2.83. The van der Waals surface area contributed by atoms with Crippen LogP contribution in [0.3, 0.4) is 0 Å². The Hall–Kier alpha value is -2.00. The summed E-state index contributed by atoms with van der Waals surface area (Å²) in [6.07, 6.45) is 6.75. The summed E-state index contributed by atoms with van der Waals surface area (Å²) in [5, 5.41) is 24.6. The average molecular weight is 338 g/mol. The summed E-state index contributed by atoms with van der Waals surface area (Å²) in [7, 11) is 1.78. The Morgan fingerprint density at radius 3 is 2.96 bits per heavy atom. The van der Waals surface area contributed by atoms with Crippen LogP contribution in [0.4, 0.5) is 9.93 Å². The molecule has 0 aliphatic carbocycles. The van der Waals surface area contributed by atoms with Gasteiger partial charge in [0.1, 0.15) is 16.9 Å². The molecule has 0 radical (unpaired) electrons. The Kier molecular flexibility index (Phi) is 6.48. The van der Waals surface area contributed by atoms with Crippen LogP contribution >= 0.6 is 11.3 Å². The summed E-state index contributed by atoms with van der Waals surface area (Å²) in [6, 6.07) is -0.422. The molecular formula is C14H22N6O2S. The second kappa shape index (κ2) is 8.59. The van der Waals surface area contributed by atoms with E-state index in [1.807, 2.05) is 0 Å². The Morgan fingerprint density at radius 2 is 2.26 bits per heavy atom. The minimum Gasteiger partial charge on any atom is -0.383 e. The molecule has 2 heterocycles. The molecule has 3 N–H and O–H groups in total. The Morgan fingerprint density at radius 1 is 1.43 bits per heavy atom. The Bertz CT molecular complexity index is 626. The van der Waals surface area contributed by atoms with E-state index in [0.29, 0.717) is 11.0 Å². The predicted octanol–water partition coefficient (Wildman–Crippen LogP) is 1.86. The zero-order valence-corrected chi connectivity index (χ0v) is 14.1. The van der Waals surface area contributed by atoms with Crippen molar-refractivity contribution in [3.05, 3.63) is 23.2 Å². The molecule has 0 aromatic carbocycles. The van der Waals surface area contributed by atoms with Crippen LogP contribution in [-0.2, 0) is 13.5 Å². The quantitative estimate of drug-likeness (QED) is 0.637. The SMILES string of the molecule is CCCCCc1nnc(NC(=O)NCC(O)c2nccn2C)s1. The number of unbranched alkanes of at least 4 members (excludes halogenated alkanes) is 2. The van der Waals surface area contributed by atoms with Crippen LogP contribution < -0.4 is 10.6 Å². The minimum atomic E-state index is -0.861. The first-order chi connectivity index (χ1) is 11.1. The summed E-state index contributed by atoms with van der Waals surface area (Å²) < 4.78 is 1.71. The number of aliphatic hydroxyl groups is 1. The number of hydrogen-bond acceptors (Lipinski definition) is 6. The van der Waals surface area contributed by atoms with Crippen LogP contribution in [-0.4, -0.2) is 37.4 Å². The zero-order chi connectivity index (χ0) is 16.7. The number of aryl methyl sites for hydroxylation is 2. The van der Waals surface area contributed by atoms with Gasteiger partial charge in [-0.05, 0) is 6.42 Å². The monoisotopic (exact) mass is 338 g/mol. The van der Waals surface area contributed by atoms with Crippen LogP contribution in [0.5, 0.6) is 0 Å². The second-order valence-electron chi connectivity index (χ2n) is 5.21. The molecule has 2 rings (SSSR count). The highest BCUT2D eigenvalue weighted by molar-refractivity contribution is 7.15. The van der Waals surface area contributed by atoms with Crippen molar-refractivity contribution in [2.24, 2.45) is 7.05 Å². The van der Waals surface area contributed by atoms with Gasteiger partial charge in [0.15, 0.2) is 0 Å². The molecule has 0 fully saturated rings. The lowest BCUT2D eigenvalue weighted by atomic mass is 10.2. The van der Waals surface area contributed by atoms with Gasteiger partial charge in [0, 0.05) is 25.9 Å². The molecule has 2 amide bonds. The molecule has 0 bridgehead atoms. The fraction of sp³-hybridized carbons (Fsp3) is 0.571. The summed E-state index contributed by atoms with van der Waals surface area (Å²) in [5.41, 5.74) is 0. The second-order valence-corrected chi connectivity index (χ2v) is 6.27. The molecule has 0 aliphatic rings. The molecular weight excluding hydrogens is 316 g/mol. The van der Waals surface area contributed by atoms with Crippen LogP contribution in [0.2, 0.25) is 0 Å². The van der Waals surface area contributed by atoms with E-state index >= 15 is 0 Å². The number of carbonyl (C=O) groups is 1. The number of nitrogens with zero attached hydrogens (tertiary/aromatic N) is 4. The molecule has 8 nitrogen and oxygen atoms in total. The summed E-state index contributed by atoms with van der Waals surface area (Å²) in [6.45, 7) is 2.22. The van der Waals surface area contributed by atoms with Crippen molar-refractivity contribution in [3.8, 4) is 0 Å². The van der Waals surface area contributed by atoms with Gasteiger partial charge in [0.05, 0.1) is 6.54 Å². The maximum absolute atomic E-state index is 11.8. The van der Waals surface area contributed by atoms with Crippen molar-refractivity contribution < 1.29 is 9.90 Å². The van der Waals surface area contributed by atoms with E-state index in [1.165, 1.54) is 11.3 Å². The van der Waals surface area contributed by atoms with Gasteiger partial charge in [0.25, 0.3) is 0 Å². The van der Waals surface area contributed by atoms with Gasteiger partial charge in [-0.1, -0.05) is 31.1 Å². The smallest absolute Gasteiger partial charge is 0.321 e. The summed E-state index contributed by atoms with van der Waals surface area (Å²) in [5.74, 6) is 0.499. The van der Waals surface area contributed by atoms with E-state index in [1.54, 1.807) is 24.0 Å². The van der Waals surface area contributed by atoms with Gasteiger partial charge in [-0.25, -0.2) is 9.78 Å². The van der Waals surface area contributed by atoms with Gasteiger partial charge < -0.3 is 15.0 Å². The largest absolute Gasteiger partial charge is 0.383 e. The van der Waals surface area contributed by atoms with Crippen LogP contribution in [0.1, 0.15) is 43.1 Å². The number of aliphatic hydroxyl groups excluding tert-OH is 1. The van der Waals surface area contributed by atoms with Crippen LogP contribution in [0.25, 0.3) is 0 Å². The third kappa shape index (κ3) is 5.29. The number of nitrogens with one attached hydrogen (secondary N) is 2. The molecule has 126 valence electrons. The van der Waals surface area contributed by atoms with Crippen molar-refractivity contribution in [2.75, 3.05) is 11.9 Å². The highest BCUT2D eigenvalue weighted by atomic mass is 32.1. The molecule has 9 heteroatoms. The number of aromatic nitrogens is 4. The lowest BCUT2D eigenvalue weighted by molar-refractivity contribution is 0.163. The van der Waals surface area contributed by atoms with Crippen molar-refractivity contribution >= 4 is 22.5 Å². The molecule has 23 heavy (non-hydrogen) atoms. The van der Waals surface area contributed by atoms with Gasteiger partial charge in [-0.3, -0.25) is 5.32 Å². The number of amides is 2. The number of rotatable bonds is 8. The molecule has 0 spiro atoms. The number of urea groups is 1. The minimum absolute atomic E-state index is 0.0683. The first-order valence-electron chi connectivity index (χ1n) is 7.62. The van der Waals surface area contributed by atoms with Crippen molar-refractivity contribution in [1.29, 1.82) is 0 Å². The molecule has 1 unspecified atom stereocenters. The lowest BCUT2D eigenvalue weighted by Crippen LogP contribution is -2.33. The molecule has 2 aromatic heterocycles. The third-order valence-corrected chi connectivity index (χ3v) is 4.19. The zero-order valence-electron chi connectivity index (χ0n) is 13.3. The van der Waals surface area contributed by atoms with Gasteiger partial charge in [-0.15, -0.1) is 10.2 Å². The topological polar surface area (TPSA) is 105 Å². The standard InChI is InChI=1S/C14H22N6O2S/c1-3-4-5-6-11-18-19-14(23-11)17-13(22)16-9-10(21)12-15-7-8-20(12)2/h7-8,10,21H,3-6,9H2,1-2H3,(H2,16,17,19,22). The number of carbonyl (C=O) groups excluding carboxylic acids is 1. The highest BCUT2D eigenvalue weighted by Gasteiger charge is 2.14. The average Bonchev–Trinajstić information content (AvgIpc) is 3.14. The van der Waals surface area contributed by atoms with Crippen molar-refractivity contribution in [3.63, 3.8) is 0 Å². The Balaban J connectivity index is 1.75. The maximum atomic E-state index is 11.8. The molecule has 1 atom stereocenters. The van der Waals surface area contributed by atoms with E-state index in [2.05, 4.69) is 32.7 Å². The molecule has 2 aromatic rings. The van der Waals surface area contributed by atoms with Crippen molar-refractivity contribution in [1.82, 2.24) is 25.1 Å². The first kappa shape index (κ1) is 17.4. The molecule has 0 saturated heterocycles. The molecule has 0 saturated carbocycles. The summed E-state index contributed by atoms with van der Waals surface area (Å²) in [4.78, 5) is 15.9. The first-order valence-corrected chi connectivity index (χ1v) is 8.44. The summed E-state index contributed by atoms with van der Waals surface area (Å²) >= 11 is 1.37. The lowest BCUT2D eigenvalue weighted by Gasteiger charge is -2.11. The maximum Gasteiger partial charge on any atom is 0.321 e. The van der Waals surface area contributed by atoms with E-state index in [9.17, 15) is 9.90 Å². The van der Waals surface area contributed by atoms with E-state index in [4.69, 9.17) is 0 Å².